The Labute approximate surface area is 146 Å². The van der Waals surface area contributed by atoms with Crippen LogP contribution in [-0.2, 0) is 24.3 Å². The molecule has 6 nitrogen and oxygen atoms in total. The number of rotatable bonds is 5. The lowest BCUT2D eigenvalue weighted by Gasteiger charge is -2.39. The molecule has 2 fully saturated rings. The summed E-state index contributed by atoms with van der Waals surface area (Å²) in [6, 6.07) is 4.63. The van der Waals surface area contributed by atoms with Gasteiger partial charge in [-0.3, -0.25) is 4.79 Å². The van der Waals surface area contributed by atoms with E-state index in [0.717, 1.165) is 12.8 Å². The Morgan fingerprint density at radius 1 is 1.29 bits per heavy atom. The second-order valence-electron chi connectivity index (χ2n) is 6.20. The Bertz CT molecular complexity index is 702. The highest BCUT2D eigenvalue weighted by atomic mass is 35.5. The summed E-state index contributed by atoms with van der Waals surface area (Å²) in [4.78, 5) is 12.2. The summed E-state index contributed by atoms with van der Waals surface area (Å²) in [5.41, 5.74) is 0. The Kier molecular flexibility index (Phi) is 5.15. The number of halogens is 1. The number of hydrogen-bond donors (Lipinski definition) is 0. The maximum absolute atomic E-state index is 13.2. The molecule has 132 valence electrons. The summed E-state index contributed by atoms with van der Waals surface area (Å²) in [7, 11) is -2.61. The Balaban J connectivity index is 1.97. The average Bonchev–Trinajstić information content (AvgIpc) is 3.38. The molecular formula is C16H20ClNO5S. The van der Waals surface area contributed by atoms with Crippen molar-refractivity contribution in [2.45, 2.75) is 36.2 Å². The Morgan fingerprint density at radius 3 is 2.54 bits per heavy atom. The molecule has 1 saturated carbocycles. The minimum Gasteiger partial charge on any atom is -0.468 e. The number of hydrogen-bond acceptors (Lipinski definition) is 5. The molecule has 3 rings (SSSR count). The summed E-state index contributed by atoms with van der Waals surface area (Å²) in [5, 5.41) is 0.454. The lowest BCUT2D eigenvalue weighted by atomic mass is 10.1. The monoisotopic (exact) mass is 373 g/mol. The van der Waals surface area contributed by atoms with Gasteiger partial charge in [0, 0.05) is 11.1 Å². The fraction of sp³-hybridized carbons (Fsp3) is 0.562. The number of morpholine rings is 1. The van der Waals surface area contributed by atoms with E-state index in [9.17, 15) is 13.2 Å². The van der Waals surface area contributed by atoms with Gasteiger partial charge < -0.3 is 9.47 Å². The maximum atomic E-state index is 13.2. The van der Waals surface area contributed by atoms with Crippen LogP contribution in [0.3, 0.4) is 0 Å². The highest BCUT2D eigenvalue weighted by Gasteiger charge is 2.46. The predicted octanol–water partition coefficient (Wildman–Crippen LogP) is 2.07. The molecule has 1 aromatic rings. The lowest BCUT2D eigenvalue weighted by Crippen LogP contribution is -2.58. The van der Waals surface area contributed by atoms with E-state index in [-0.39, 0.29) is 24.2 Å². The summed E-state index contributed by atoms with van der Waals surface area (Å²) in [6.07, 6.45) is 2.88. The van der Waals surface area contributed by atoms with Crippen LogP contribution in [0.2, 0.25) is 5.02 Å². The van der Waals surface area contributed by atoms with Crippen LogP contribution in [-0.4, -0.2) is 51.1 Å². The first-order valence-electron chi connectivity index (χ1n) is 7.88. The largest absolute Gasteiger partial charge is 0.468 e. The molecule has 1 aromatic carbocycles. The van der Waals surface area contributed by atoms with E-state index < -0.39 is 22.0 Å². The van der Waals surface area contributed by atoms with Crippen molar-refractivity contribution in [3.63, 3.8) is 0 Å². The van der Waals surface area contributed by atoms with E-state index in [0.29, 0.717) is 17.4 Å². The van der Waals surface area contributed by atoms with E-state index in [1.54, 1.807) is 0 Å². The molecule has 0 amide bonds. The van der Waals surface area contributed by atoms with Crippen molar-refractivity contribution in [1.82, 2.24) is 4.31 Å². The van der Waals surface area contributed by atoms with E-state index in [1.165, 1.54) is 35.7 Å². The second kappa shape index (κ2) is 7.00. The van der Waals surface area contributed by atoms with Crippen LogP contribution in [0.4, 0.5) is 0 Å². The van der Waals surface area contributed by atoms with Gasteiger partial charge in [-0.1, -0.05) is 24.4 Å². The number of sulfonamides is 1. The molecule has 8 heteroatoms. The van der Waals surface area contributed by atoms with Crippen molar-refractivity contribution in [2.75, 3.05) is 20.3 Å². The van der Waals surface area contributed by atoms with Gasteiger partial charge in [-0.05, 0) is 36.6 Å². The zero-order valence-corrected chi connectivity index (χ0v) is 14.9. The Hall–Kier alpha value is -1.15. The van der Waals surface area contributed by atoms with Crippen molar-refractivity contribution < 1.29 is 22.7 Å². The van der Waals surface area contributed by atoms with Crippen molar-refractivity contribution >= 4 is 27.6 Å². The number of esters is 1. The zero-order valence-electron chi connectivity index (χ0n) is 13.4. The molecular weight excluding hydrogens is 354 g/mol. The number of methoxy groups -OCH3 is 1. The molecule has 2 aliphatic rings. The van der Waals surface area contributed by atoms with E-state index in [2.05, 4.69) is 0 Å². The van der Waals surface area contributed by atoms with Crippen LogP contribution in [0.1, 0.15) is 19.3 Å². The second-order valence-corrected chi connectivity index (χ2v) is 8.48. The van der Waals surface area contributed by atoms with Crippen LogP contribution >= 0.6 is 11.6 Å². The number of nitrogens with zero attached hydrogens (tertiary/aromatic N) is 1. The molecule has 2 atom stereocenters. The molecule has 0 spiro atoms. The zero-order chi connectivity index (χ0) is 17.3. The van der Waals surface area contributed by atoms with Crippen LogP contribution in [0, 0.1) is 5.92 Å². The molecule has 0 aromatic heterocycles. The number of ether oxygens (including phenoxy) is 2. The van der Waals surface area contributed by atoms with Gasteiger partial charge in [-0.25, -0.2) is 8.42 Å². The van der Waals surface area contributed by atoms with E-state index in [1.807, 2.05) is 0 Å². The Morgan fingerprint density at radius 2 is 1.96 bits per heavy atom. The van der Waals surface area contributed by atoms with Crippen molar-refractivity contribution in [3.8, 4) is 0 Å². The van der Waals surface area contributed by atoms with Gasteiger partial charge in [0.2, 0.25) is 10.0 Å². The molecule has 0 unspecified atom stereocenters. The number of carbonyl (C=O) groups is 1. The van der Waals surface area contributed by atoms with E-state index in [4.69, 9.17) is 21.1 Å². The van der Waals surface area contributed by atoms with Crippen LogP contribution < -0.4 is 0 Å². The van der Waals surface area contributed by atoms with Crippen molar-refractivity contribution in [3.05, 3.63) is 29.3 Å². The third-order valence-corrected chi connectivity index (χ3v) is 6.65. The lowest BCUT2D eigenvalue weighted by molar-refractivity contribution is -0.152. The fourth-order valence-corrected chi connectivity index (χ4v) is 4.90. The van der Waals surface area contributed by atoms with Crippen LogP contribution in [0.5, 0.6) is 0 Å². The third kappa shape index (κ3) is 3.59. The minimum atomic E-state index is -3.86. The van der Waals surface area contributed by atoms with Crippen molar-refractivity contribution in [2.24, 2.45) is 5.92 Å². The first-order valence-corrected chi connectivity index (χ1v) is 9.70. The minimum absolute atomic E-state index is 0.000655. The summed E-state index contributed by atoms with van der Waals surface area (Å²) < 4.78 is 37.9. The standard InChI is InChI=1S/C16H20ClNO5S/c1-22-16(19)15-10-23-9-13(8-11-2-3-11)18(15)24(20,21)14-6-4-12(17)5-7-14/h4-7,11,13,15H,2-3,8-10H2,1H3/t13-,15-/m1/s1. The smallest absolute Gasteiger partial charge is 0.326 e. The number of carbonyl (C=O) groups excluding carboxylic acids is 1. The van der Waals surface area contributed by atoms with Gasteiger partial charge in [0.15, 0.2) is 0 Å². The average molecular weight is 374 g/mol. The maximum Gasteiger partial charge on any atom is 0.326 e. The van der Waals surface area contributed by atoms with Crippen LogP contribution in [0.25, 0.3) is 0 Å². The first-order chi connectivity index (χ1) is 11.4. The molecule has 0 radical (unpaired) electrons. The molecule has 1 saturated heterocycles. The summed E-state index contributed by atoms with van der Waals surface area (Å²) in [6.45, 7) is 0.289. The van der Waals surface area contributed by atoms with Gasteiger partial charge >= 0.3 is 5.97 Å². The quantitative estimate of drug-likeness (QED) is 0.739. The highest BCUT2D eigenvalue weighted by Crippen LogP contribution is 2.37. The SMILES string of the molecule is COC(=O)[C@H]1COC[C@@H](CC2CC2)N1S(=O)(=O)c1ccc(Cl)cc1. The molecule has 1 heterocycles. The predicted molar refractivity (Wildman–Crippen MR) is 88.2 cm³/mol. The number of benzene rings is 1. The van der Waals surface area contributed by atoms with E-state index >= 15 is 0 Å². The normalized spacial score (nSPS) is 25.4. The topological polar surface area (TPSA) is 72.9 Å². The third-order valence-electron chi connectivity index (χ3n) is 4.42. The summed E-state index contributed by atoms with van der Waals surface area (Å²) >= 11 is 5.85. The molecule has 1 aliphatic heterocycles. The van der Waals surface area contributed by atoms with Gasteiger partial charge in [0.25, 0.3) is 0 Å². The molecule has 1 aliphatic carbocycles. The fourth-order valence-electron chi connectivity index (χ4n) is 3.03. The highest BCUT2D eigenvalue weighted by molar-refractivity contribution is 7.89. The van der Waals surface area contributed by atoms with Crippen molar-refractivity contribution in [1.29, 1.82) is 0 Å². The van der Waals surface area contributed by atoms with Gasteiger partial charge in [0.05, 0.1) is 25.2 Å². The van der Waals surface area contributed by atoms with Gasteiger partial charge in [-0.2, -0.15) is 4.31 Å². The molecule has 0 N–H and O–H groups in total. The first kappa shape index (κ1) is 17.7. The molecule has 0 bridgehead atoms. The van der Waals surface area contributed by atoms with Gasteiger partial charge in [-0.15, -0.1) is 0 Å². The molecule has 24 heavy (non-hydrogen) atoms. The summed E-state index contributed by atoms with van der Waals surface area (Å²) in [5.74, 6) is -0.106. The van der Waals surface area contributed by atoms with Gasteiger partial charge in [0.1, 0.15) is 6.04 Å². The van der Waals surface area contributed by atoms with Crippen LogP contribution in [0.15, 0.2) is 29.2 Å².